The van der Waals surface area contributed by atoms with Crippen LogP contribution in [0.4, 0.5) is 45.1 Å². The molecule has 3 rings (SSSR count). The molecule has 0 unspecified atom stereocenters. The lowest BCUT2D eigenvalue weighted by Gasteiger charge is -2.10. The Morgan fingerprint density at radius 1 is 0.720 bits per heavy atom. The smallest absolute Gasteiger partial charge is 0.229 e. The predicted octanol–water partition coefficient (Wildman–Crippen LogP) is 4.66. The summed E-state index contributed by atoms with van der Waals surface area (Å²) in [5.74, 6) is -6.28. The molecule has 3 aromatic rings. The average molecular weight is 352 g/mol. The van der Waals surface area contributed by atoms with E-state index in [1.54, 1.807) is 0 Å². The van der Waals surface area contributed by atoms with Crippen LogP contribution in [0, 0.1) is 29.1 Å². The molecule has 1 aromatic heterocycles. The first-order valence-corrected chi connectivity index (χ1v) is 6.90. The molecule has 0 atom stereocenters. The Morgan fingerprint density at radius 3 is 2.16 bits per heavy atom. The van der Waals surface area contributed by atoms with Gasteiger partial charge in [0.15, 0.2) is 17.5 Å². The first kappa shape index (κ1) is 16.6. The van der Waals surface area contributed by atoms with E-state index in [0.717, 1.165) is 24.3 Å². The highest BCUT2D eigenvalue weighted by atomic mass is 19.2. The lowest BCUT2D eigenvalue weighted by atomic mass is 10.3. The third kappa shape index (κ3) is 3.49. The van der Waals surface area contributed by atoms with Gasteiger partial charge in [-0.3, -0.25) is 0 Å². The second-order valence-electron chi connectivity index (χ2n) is 4.84. The summed E-state index contributed by atoms with van der Waals surface area (Å²) in [6.07, 6.45) is 1.23. The van der Waals surface area contributed by atoms with Crippen molar-refractivity contribution in [3.05, 3.63) is 71.7 Å². The maximum atomic E-state index is 13.7. The fourth-order valence-electron chi connectivity index (χ4n) is 1.98. The Morgan fingerprint density at radius 2 is 1.44 bits per heavy atom. The van der Waals surface area contributed by atoms with E-state index < -0.39 is 34.8 Å². The number of benzene rings is 2. The molecule has 0 amide bonds. The number of anilines is 4. The van der Waals surface area contributed by atoms with Crippen LogP contribution >= 0.6 is 0 Å². The van der Waals surface area contributed by atoms with Crippen molar-refractivity contribution in [2.24, 2.45) is 0 Å². The van der Waals surface area contributed by atoms with Gasteiger partial charge in [-0.25, -0.2) is 26.9 Å². The minimum atomic E-state index is -1.63. The molecule has 0 bridgehead atoms. The Kier molecular flexibility index (Phi) is 4.46. The van der Waals surface area contributed by atoms with Crippen molar-refractivity contribution in [2.45, 2.75) is 0 Å². The fourth-order valence-corrected chi connectivity index (χ4v) is 1.98. The van der Waals surface area contributed by atoms with Gasteiger partial charge in [0, 0.05) is 6.20 Å². The van der Waals surface area contributed by atoms with E-state index in [-0.39, 0.29) is 17.5 Å². The first-order valence-electron chi connectivity index (χ1n) is 6.90. The summed E-state index contributed by atoms with van der Waals surface area (Å²) in [6.45, 7) is 0. The molecule has 4 nitrogen and oxygen atoms in total. The standard InChI is InChI=1S/C16H9F5N4/c17-8-4-5-11(14(21)13(8)20)23-12-6-7-22-16(24-12)25-15-9(18)2-1-3-10(15)19/h1-7H,(H2,22,23,24,25). The second-order valence-corrected chi connectivity index (χ2v) is 4.84. The molecule has 2 aromatic carbocycles. The Labute approximate surface area is 138 Å². The summed E-state index contributed by atoms with van der Waals surface area (Å²) in [7, 11) is 0. The quantitative estimate of drug-likeness (QED) is 0.530. The van der Waals surface area contributed by atoms with Crippen molar-refractivity contribution in [1.82, 2.24) is 9.97 Å². The van der Waals surface area contributed by atoms with Gasteiger partial charge in [-0.05, 0) is 30.3 Å². The largest absolute Gasteiger partial charge is 0.338 e. The van der Waals surface area contributed by atoms with Gasteiger partial charge in [-0.15, -0.1) is 0 Å². The van der Waals surface area contributed by atoms with Gasteiger partial charge in [-0.2, -0.15) is 4.98 Å². The third-order valence-corrected chi connectivity index (χ3v) is 3.15. The lowest BCUT2D eigenvalue weighted by molar-refractivity contribution is 0.449. The van der Waals surface area contributed by atoms with Crippen LogP contribution < -0.4 is 10.6 Å². The van der Waals surface area contributed by atoms with E-state index in [1.165, 1.54) is 18.3 Å². The molecule has 128 valence electrons. The summed E-state index contributed by atoms with van der Waals surface area (Å²) < 4.78 is 67.1. The molecule has 0 aliphatic carbocycles. The highest BCUT2D eigenvalue weighted by Crippen LogP contribution is 2.24. The molecule has 2 N–H and O–H groups in total. The highest BCUT2D eigenvalue weighted by molar-refractivity contribution is 5.60. The molecule has 0 saturated heterocycles. The molecule has 25 heavy (non-hydrogen) atoms. The molecule has 0 fully saturated rings. The number of nitrogens with zero attached hydrogens (tertiary/aromatic N) is 2. The summed E-state index contributed by atoms with van der Waals surface area (Å²) in [5, 5.41) is 4.80. The van der Waals surface area contributed by atoms with Crippen molar-refractivity contribution < 1.29 is 22.0 Å². The van der Waals surface area contributed by atoms with Gasteiger partial charge in [0.1, 0.15) is 23.1 Å². The molecular formula is C16H9F5N4. The maximum absolute atomic E-state index is 13.7. The minimum absolute atomic E-state index is 0.000782. The summed E-state index contributed by atoms with van der Waals surface area (Å²) in [5.41, 5.74) is -0.820. The zero-order valence-electron chi connectivity index (χ0n) is 12.3. The normalized spacial score (nSPS) is 10.6. The van der Waals surface area contributed by atoms with Crippen molar-refractivity contribution in [3.63, 3.8) is 0 Å². The van der Waals surface area contributed by atoms with Gasteiger partial charge < -0.3 is 10.6 Å². The number of nitrogens with one attached hydrogen (secondary N) is 2. The van der Waals surface area contributed by atoms with Crippen LogP contribution in [-0.4, -0.2) is 9.97 Å². The van der Waals surface area contributed by atoms with Crippen molar-refractivity contribution in [3.8, 4) is 0 Å². The van der Waals surface area contributed by atoms with Gasteiger partial charge in [-0.1, -0.05) is 6.07 Å². The van der Waals surface area contributed by atoms with E-state index in [4.69, 9.17) is 0 Å². The van der Waals surface area contributed by atoms with Gasteiger partial charge in [0.05, 0.1) is 5.69 Å². The van der Waals surface area contributed by atoms with Crippen LogP contribution in [0.2, 0.25) is 0 Å². The fraction of sp³-hybridized carbons (Fsp3) is 0. The van der Waals surface area contributed by atoms with E-state index in [0.29, 0.717) is 0 Å². The van der Waals surface area contributed by atoms with Crippen molar-refractivity contribution >= 4 is 23.1 Å². The molecular weight excluding hydrogens is 343 g/mol. The van der Waals surface area contributed by atoms with Crippen LogP contribution in [0.15, 0.2) is 42.6 Å². The van der Waals surface area contributed by atoms with Crippen LogP contribution in [0.3, 0.4) is 0 Å². The monoisotopic (exact) mass is 352 g/mol. The number of halogens is 5. The van der Waals surface area contributed by atoms with E-state index in [1.807, 2.05) is 0 Å². The van der Waals surface area contributed by atoms with E-state index >= 15 is 0 Å². The zero-order chi connectivity index (χ0) is 18.0. The topological polar surface area (TPSA) is 49.8 Å². The van der Waals surface area contributed by atoms with Crippen molar-refractivity contribution in [1.29, 1.82) is 0 Å². The predicted molar refractivity (Wildman–Crippen MR) is 81.3 cm³/mol. The molecule has 9 heteroatoms. The molecule has 0 spiro atoms. The molecule has 0 saturated carbocycles. The second kappa shape index (κ2) is 6.71. The number of para-hydroxylation sites is 1. The first-order chi connectivity index (χ1) is 12.0. The summed E-state index contributed by atoms with van der Waals surface area (Å²) in [4.78, 5) is 7.68. The zero-order valence-corrected chi connectivity index (χ0v) is 12.3. The van der Waals surface area contributed by atoms with Crippen LogP contribution in [-0.2, 0) is 0 Å². The van der Waals surface area contributed by atoms with Gasteiger partial charge in [0.2, 0.25) is 5.95 Å². The SMILES string of the molecule is Fc1ccc(Nc2ccnc(Nc3c(F)cccc3F)n2)c(F)c1F. The summed E-state index contributed by atoms with van der Waals surface area (Å²) >= 11 is 0. The van der Waals surface area contributed by atoms with Crippen LogP contribution in [0.1, 0.15) is 0 Å². The number of hydrogen-bond donors (Lipinski definition) is 2. The number of aromatic nitrogens is 2. The minimum Gasteiger partial charge on any atom is -0.338 e. The summed E-state index contributed by atoms with van der Waals surface area (Å²) in [6, 6.07) is 6.33. The van der Waals surface area contributed by atoms with Crippen molar-refractivity contribution in [2.75, 3.05) is 10.6 Å². The molecule has 0 aliphatic heterocycles. The van der Waals surface area contributed by atoms with Crippen LogP contribution in [0.25, 0.3) is 0 Å². The Hall–Kier alpha value is -3.23. The Balaban J connectivity index is 1.86. The number of hydrogen-bond acceptors (Lipinski definition) is 4. The van der Waals surface area contributed by atoms with Gasteiger partial charge in [0.25, 0.3) is 0 Å². The average Bonchev–Trinajstić information content (AvgIpc) is 2.59. The van der Waals surface area contributed by atoms with Gasteiger partial charge >= 0.3 is 0 Å². The molecule has 0 radical (unpaired) electrons. The third-order valence-electron chi connectivity index (χ3n) is 3.15. The Bertz CT molecular complexity index is 912. The lowest BCUT2D eigenvalue weighted by Crippen LogP contribution is -2.04. The van der Waals surface area contributed by atoms with E-state index in [2.05, 4.69) is 20.6 Å². The molecule has 0 aliphatic rings. The highest BCUT2D eigenvalue weighted by Gasteiger charge is 2.14. The van der Waals surface area contributed by atoms with Crippen LogP contribution in [0.5, 0.6) is 0 Å². The maximum Gasteiger partial charge on any atom is 0.229 e. The number of rotatable bonds is 4. The molecule has 1 heterocycles. The van der Waals surface area contributed by atoms with E-state index in [9.17, 15) is 22.0 Å².